The van der Waals surface area contributed by atoms with Gasteiger partial charge in [-0.1, -0.05) is 24.3 Å². The summed E-state index contributed by atoms with van der Waals surface area (Å²) in [7, 11) is 1.41. The number of likely N-dealkylation sites (N-methyl/N-ethyl adjacent to an activating group) is 1. The van der Waals surface area contributed by atoms with Crippen molar-refractivity contribution < 1.29 is 13.9 Å². The highest BCUT2D eigenvalue weighted by Gasteiger charge is 2.15. The number of nitrogens with zero attached hydrogens (tertiary/aromatic N) is 1. The molecule has 1 amide bonds. The summed E-state index contributed by atoms with van der Waals surface area (Å²) in [5.74, 6) is -0.333. The SMILES string of the molecule is CCN(C(=O)Cc1ccc(OC)c(F)c1)c1ccccc1. The van der Waals surface area contributed by atoms with E-state index < -0.39 is 5.82 Å². The van der Waals surface area contributed by atoms with Crippen molar-refractivity contribution in [3.8, 4) is 5.75 Å². The maximum atomic E-state index is 13.7. The van der Waals surface area contributed by atoms with Gasteiger partial charge in [-0.3, -0.25) is 4.79 Å². The summed E-state index contributed by atoms with van der Waals surface area (Å²) in [4.78, 5) is 14.1. The standard InChI is InChI=1S/C17H18FNO2/c1-3-19(14-7-5-4-6-8-14)17(20)12-13-9-10-16(21-2)15(18)11-13/h4-11H,3,12H2,1-2H3. The third-order valence-corrected chi connectivity index (χ3v) is 3.26. The van der Waals surface area contributed by atoms with E-state index in [0.29, 0.717) is 12.1 Å². The number of hydrogen-bond acceptors (Lipinski definition) is 2. The molecule has 110 valence electrons. The first-order chi connectivity index (χ1) is 10.2. The van der Waals surface area contributed by atoms with Crippen LogP contribution in [0.2, 0.25) is 0 Å². The number of halogens is 1. The minimum absolute atomic E-state index is 0.0618. The Morgan fingerprint density at radius 2 is 1.90 bits per heavy atom. The fourth-order valence-corrected chi connectivity index (χ4v) is 2.20. The molecule has 0 aliphatic rings. The Kier molecular flexibility index (Phi) is 4.93. The van der Waals surface area contributed by atoms with Gasteiger partial charge in [-0.05, 0) is 36.8 Å². The number of para-hydroxylation sites is 1. The molecule has 0 saturated heterocycles. The highest BCUT2D eigenvalue weighted by Crippen LogP contribution is 2.19. The van der Waals surface area contributed by atoms with E-state index >= 15 is 0 Å². The Bertz CT molecular complexity index is 613. The largest absolute Gasteiger partial charge is 0.494 e. The van der Waals surface area contributed by atoms with E-state index in [1.54, 1.807) is 11.0 Å². The molecule has 0 aliphatic carbocycles. The van der Waals surface area contributed by atoms with Gasteiger partial charge in [0.25, 0.3) is 0 Å². The van der Waals surface area contributed by atoms with Crippen LogP contribution < -0.4 is 9.64 Å². The second-order valence-corrected chi connectivity index (χ2v) is 4.62. The zero-order valence-electron chi connectivity index (χ0n) is 12.2. The quantitative estimate of drug-likeness (QED) is 0.843. The van der Waals surface area contributed by atoms with E-state index in [1.807, 2.05) is 37.3 Å². The lowest BCUT2D eigenvalue weighted by Gasteiger charge is -2.21. The molecule has 0 heterocycles. The molecule has 0 bridgehead atoms. The second-order valence-electron chi connectivity index (χ2n) is 4.62. The molecule has 21 heavy (non-hydrogen) atoms. The fraction of sp³-hybridized carbons (Fsp3) is 0.235. The summed E-state index contributed by atoms with van der Waals surface area (Å²) >= 11 is 0. The molecule has 0 atom stereocenters. The minimum atomic E-state index is -0.453. The third kappa shape index (κ3) is 3.60. The summed E-state index contributed by atoms with van der Waals surface area (Å²) in [5.41, 5.74) is 1.48. The molecule has 0 radical (unpaired) electrons. The Morgan fingerprint density at radius 3 is 2.48 bits per heavy atom. The molecule has 0 N–H and O–H groups in total. The Morgan fingerprint density at radius 1 is 1.19 bits per heavy atom. The first-order valence-corrected chi connectivity index (χ1v) is 6.83. The molecule has 2 aromatic rings. The van der Waals surface area contributed by atoms with Gasteiger partial charge in [0.1, 0.15) is 0 Å². The summed E-state index contributed by atoms with van der Waals surface area (Å²) in [6.45, 7) is 2.49. The Hall–Kier alpha value is -2.36. The highest BCUT2D eigenvalue weighted by molar-refractivity contribution is 5.94. The lowest BCUT2D eigenvalue weighted by molar-refractivity contribution is -0.117. The van der Waals surface area contributed by atoms with Crippen LogP contribution in [-0.4, -0.2) is 19.6 Å². The topological polar surface area (TPSA) is 29.5 Å². The van der Waals surface area contributed by atoms with E-state index in [9.17, 15) is 9.18 Å². The molecule has 0 aliphatic heterocycles. The van der Waals surface area contributed by atoms with Gasteiger partial charge in [0, 0.05) is 12.2 Å². The smallest absolute Gasteiger partial charge is 0.231 e. The number of methoxy groups -OCH3 is 1. The van der Waals surface area contributed by atoms with Crippen LogP contribution in [0.5, 0.6) is 5.75 Å². The first kappa shape index (κ1) is 15.0. The van der Waals surface area contributed by atoms with Gasteiger partial charge >= 0.3 is 0 Å². The van der Waals surface area contributed by atoms with Gasteiger partial charge in [0.2, 0.25) is 5.91 Å². The minimum Gasteiger partial charge on any atom is -0.494 e. The lowest BCUT2D eigenvalue weighted by Crippen LogP contribution is -2.31. The van der Waals surface area contributed by atoms with Gasteiger partial charge in [0.05, 0.1) is 13.5 Å². The van der Waals surface area contributed by atoms with Crippen LogP contribution in [0.4, 0.5) is 10.1 Å². The van der Waals surface area contributed by atoms with Crippen LogP contribution in [-0.2, 0) is 11.2 Å². The summed E-state index contributed by atoms with van der Waals surface area (Å²) in [6, 6.07) is 14.0. The normalized spacial score (nSPS) is 10.2. The van der Waals surface area contributed by atoms with Crippen molar-refractivity contribution in [1.29, 1.82) is 0 Å². The number of ether oxygens (including phenoxy) is 1. The second kappa shape index (κ2) is 6.88. The molecule has 0 spiro atoms. The molecular weight excluding hydrogens is 269 g/mol. The summed E-state index contributed by atoms with van der Waals surface area (Å²) < 4.78 is 18.5. The van der Waals surface area contributed by atoms with Crippen molar-refractivity contribution in [1.82, 2.24) is 0 Å². The van der Waals surface area contributed by atoms with Crippen molar-refractivity contribution in [3.05, 3.63) is 59.9 Å². The van der Waals surface area contributed by atoms with E-state index in [4.69, 9.17) is 4.74 Å². The average molecular weight is 287 g/mol. The number of anilines is 1. The Labute approximate surface area is 124 Å². The van der Waals surface area contributed by atoms with Gasteiger partial charge in [0.15, 0.2) is 11.6 Å². The fourth-order valence-electron chi connectivity index (χ4n) is 2.20. The summed E-state index contributed by atoms with van der Waals surface area (Å²) in [6.07, 6.45) is 0.156. The van der Waals surface area contributed by atoms with E-state index in [2.05, 4.69) is 0 Å². The number of carbonyl (C=O) groups excluding carboxylic acids is 1. The highest BCUT2D eigenvalue weighted by atomic mass is 19.1. The Balaban J connectivity index is 2.15. The predicted molar refractivity (Wildman–Crippen MR) is 81.1 cm³/mol. The zero-order valence-corrected chi connectivity index (χ0v) is 12.2. The first-order valence-electron chi connectivity index (χ1n) is 6.83. The average Bonchev–Trinajstić information content (AvgIpc) is 2.49. The monoisotopic (exact) mass is 287 g/mol. The lowest BCUT2D eigenvalue weighted by atomic mass is 10.1. The number of benzene rings is 2. The molecule has 0 saturated carbocycles. The molecule has 0 fully saturated rings. The van der Waals surface area contributed by atoms with Crippen LogP contribution in [0.1, 0.15) is 12.5 Å². The molecule has 2 rings (SSSR count). The number of amides is 1. The van der Waals surface area contributed by atoms with Gasteiger partial charge in [-0.2, -0.15) is 0 Å². The molecule has 0 aromatic heterocycles. The zero-order chi connectivity index (χ0) is 15.2. The van der Waals surface area contributed by atoms with Crippen molar-refractivity contribution in [3.63, 3.8) is 0 Å². The van der Waals surface area contributed by atoms with Crippen LogP contribution in [0.15, 0.2) is 48.5 Å². The van der Waals surface area contributed by atoms with Crippen LogP contribution >= 0.6 is 0 Å². The maximum absolute atomic E-state index is 13.7. The van der Waals surface area contributed by atoms with E-state index in [1.165, 1.54) is 19.2 Å². The molecule has 4 heteroatoms. The van der Waals surface area contributed by atoms with Crippen LogP contribution in [0.3, 0.4) is 0 Å². The van der Waals surface area contributed by atoms with E-state index in [-0.39, 0.29) is 18.1 Å². The maximum Gasteiger partial charge on any atom is 0.231 e. The number of rotatable bonds is 5. The number of carbonyl (C=O) groups is 1. The van der Waals surface area contributed by atoms with E-state index in [0.717, 1.165) is 5.69 Å². The molecule has 2 aromatic carbocycles. The van der Waals surface area contributed by atoms with Crippen molar-refractivity contribution in [2.45, 2.75) is 13.3 Å². The molecule has 0 unspecified atom stereocenters. The summed E-state index contributed by atoms with van der Waals surface area (Å²) in [5, 5.41) is 0. The van der Waals surface area contributed by atoms with Crippen LogP contribution in [0.25, 0.3) is 0 Å². The third-order valence-electron chi connectivity index (χ3n) is 3.26. The van der Waals surface area contributed by atoms with Gasteiger partial charge in [-0.15, -0.1) is 0 Å². The van der Waals surface area contributed by atoms with Crippen molar-refractivity contribution >= 4 is 11.6 Å². The van der Waals surface area contributed by atoms with Gasteiger partial charge in [-0.25, -0.2) is 4.39 Å². The predicted octanol–water partition coefficient (Wildman–Crippen LogP) is 3.43. The van der Waals surface area contributed by atoms with Crippen LogP contribution in [0, 0.1) is 5.82 Å². The number of hydrogen-bond donors (Lipinski definition) is 0. The molecular formula is C17H18FNO2. The van der Waals surface area contributed by atoms with Crippen molar-refractivity contribution in [2.75, 3.05) is 18.6 Å². The van der Waals surface area contributed by atoms with Gasteiger partial charge < -0.3 is 9.64 Å². The van der Waals surface area contributed by atoms with Crippen molar-refractivity contribution in [2.24, 2.45) is 0 Å². The molecule has 3 nitrogen and oxygen atoms in total.